The molecule has 3 nitrogen and oxygen atoms in total. The van der Waals surface area contributed by atoms with Crippen LogP contribution in [0.1, 0.15) is 27.7 Å². The molecule has 0 bridgehead atoms. The summed E-state index contributed by atoms with van der Waals surface area (Å²) in [5.41, 5.74) is 0. The lowest BCUT2D eigenvalue weighted by Crippen LogP contribution is -2.60. The van der Waals surface area contributed by atoms with Gasteiger partial charge in [-0.25, -0.2) is 4.39 Å². The number of piperazine rings is 1. The minimum Gasteiger partial charge on any atom is -0.300 e. The summed E-state index contributed by atoms with van der Waals surface area (Å²) in [6.45, 7) is 15.2. The zero-order chi connectivity index (χ0) is 14.0. The summed E-state index contributed by atoms with van der Waals surface area (Å²) in [4.78, 5) is 7.29. The summed E-state index contributed by atoms with van der Waals surface area (Å²) in [5, 5.41) is 0. The molecule has 2 rings (SSSR count). The Kier molecular flexibility index (Phi) is 5.21. The van der Waals surface area contributed by atoms with E-state index in [-0.39, 0.29) is 12.7 Å². The van der Waals surface area contributed by atoms with Gasteiger partial charge in [0.15, 0.2) is 0 Å². The highest BCUT2D eigenvalue weighted by Gasteiger charge is 2.34. The molecule has 0 aliphatic carbocycles. The fourth-order valence-corrected chi connectivity index (χ4v) is 3.25. The Bertz CT molecular complexity index is 277. The van der Waals surface area contributed by atoms with Crippen molar-refractivity contribution in [1.82, 2.24) is 14.7 Å². The number of nitrogens with zero attached hydrogens (tertiary/aromatic N) is 3. The first-order valence-corrected chi connectivity index (χ1v) is 7.79. The van der Waals surface area contributed by atoms with Gasteiger partial charge in [-0.15, -0.1) is 0 Å². The molecule has 2 aliphatic heterocycles. The van der Waals surface area contributed by atoms with Crippen LogP contribution in [0.15, 0.2) is 0 Å². The van der Waals surface area contributed by atoms with Crippen molar-refractivity contribution < 1.29 is 4.39 Å². The van der Waals surface area contributed by atoms with Gasteiger partial charge in [-0.2, -0.15) is 0 Å². The summed E-state index contributed by atoms with van der Waals surface area (Å²) in [6, 6.07) is 1.31. The zero-order valence-electron chi connectivity index (χ0n) is 13.0. The molecular weight excluding hydrogens is 241 g/mol. The van der Waals surface area contributed by atoms with Crippen molar-refractivity contribution in [3.8, 4) is 0 Å². The van der Waals surface area contributed by atoms with Gasteiger partial charge in [0, 0.05) is 51.4 Å². The highest BCUT2D eigenvalue weighted by atomic mass is 19.1. The molecule has 19 heavy (non-hydrogen) atoms. The third kappa shape index (κ3) is 3.67. The van der Waals surface area contributed by atoms with Gasteiger partial charge in [0.25, 0.3) is 0 Å². The highest BCUT2D eigenvalue weighted by Crippen LogP contribution is 2.22. The largest absolute Gasteiger partial charge is 0.300 e. The van der Waals surface area contributed by atoms with Gasteiger partial charge in [-0.05, 0) is 33.6 Å². The first kappa shape index (κ1) is 15.2. The molecule has 2 aliphatic rings. The van der Waals surface area contributed by atoms with Crippen LogP contribution < -0.4 is 0 Å². The minimum atomic E-state index is -0.205. The van der Waals surface area contributed by atoms with E-state index in [1.807, 2.05) is 0 Å². The first-order valence-electron chi connectivity index (χ1n) is 7.79. The second-order valence-electron chi connectivity index (χ2n) is 6.81. The molecule has 2 heterocycles. The summed E-state index contributed by atoms with van der Waals surface area (Å²) < 4.78 is 13.3. The van der Waals surface area contributed by atoms with Gasteiger partial charge in [0.05, 0.1) is 6.04 Å². The van der Waals surface area contributed by atoms with E-state index >= 15 is 0 Å². The summed E-state index contributed by atoms with van der Waals surface area (Å²) in [6.07, 6.45) is 0. The van der Waals surface area contributed by atoms with Gasteiger partial charge in [0.2, 0.25) is 0 Å². The van der Waals surface area contributed by atoms with Crippen LogP contribution in [0.3, 0.4) is 0 Å². The second-order valence-corrected chi connectivity index (χ2v) is 6.81. The van der Waals surface area contributed by atoms with Crippen LogP contribution in [0.25, 0.3) is 0 Å². The quantitative estimate of drug-likeness (QED) is 0.753. The van der Waals surface area contributed by atoms with Gasteiger partial charge in [-0.3, -0.25) is 9.80 Å². The van der Waals surface area contributed by atoms with Gasteiger partial charge in [-0.1, -0.05) is 0 Å². The van der Waals surface area contributed by atoms with E-state index in [0.717, 1.165) is 32.1 Å². The van der Waals surface area contributed by atoms with Crippen molar-refractivity contribution in [3.63, 3.8) is 0 Å². The lowest BCUT2D eigenvalue weighted by atomic mass is 9.96. The monoisotopic (exact) mass is 271 g/mol. The summed E-state index contributed by atoms with van der Waals surface area (Å²) in [5.74, 6) is 0.752. The van der Waals surface area contributed by atoms with E-state index in [9.17, 15) is 4.39 Å². The van der Waals surface area contributed by atoms with Gasteiger partial charge >= 0.3 is 0 Å². The van der Waals surface area contributed by atoms with Crippen LogP contribution >= 0.6 is 0 Å². The third-order valence-electron chi connectivity index (χ3n) is 4.75. The van der Waals surface area contributed by atoms with Crippen molar-refractivity contribution in [3.05, 3.63) is 0 Å². The minimum absolute atomic E-state index is 0.115. The van der Waals surface area contributed by atoms with Crippen LogP contribution in [0.2, 0.25) is 0 Å². The van der Waals surface area contributed by atoms with E-state index in [2.05, 4.69) is 42.4 Å². The molecule has 0 radical (unpaired) electrons. The van der Waals surface area contributed by atoms with Crippen LogP contribution in [0, 0.1) is 5.92 Å². The molecular formula is C15H30FN3. The molecule has 4 heteroatoms. The highest BCUT2D eigenvalue weighted by molar-refractivity contribution is 4.89. The number of rotatable bonds is 5. The average molecular weight is 271 g/mol. The molecule has 0 spiro atoms. The Morgan fingerprint density at radius 1 is 0.947 bits per heavy atom. The van der Waals surface area contributed by atoms with Crippen molar-refractivity contribution in [2.45, 2.75) is 45.8 Å². The number of likely N-dealkylation sites (tertiary alicyclic amines) is 1. The molecule has 112 valence electrons. The molecule has 0 saturated carbocycles. The van der Waals surface area contributed by atoms with Gasteiger partial charge < -0.3 is 4.90 Å². The fraction of sp³-hybridized carbons (Fsp3) is 1.00. The van der Waals surface area contributed by atoms with E-state index < -0.39 is 0 Å². The number of alkyl halides is 1. The van der Waals surface area contributed by atoms with E-state index in [1.54, 1.807) is 0 Å². The Morgan fingerprint density at radius 2 is 1.58 bits per heavy atom. The fourth-order valence-electron chi connectivity index (χ4n) is 3.25. The maximum atomic E-state index is 13.3. The van der Waals surface area contributed by atoms with Crippen LogP contribution in [-0.2, 0) is 0 Å². The van der Waals surface area contributed by atoms with E-state index in [4.69, 9.17) is 0 Å². The number of hydrogen-bond acceptors (Lipinski definition) is 3. The van der Waals surface area contributed by atoms with E-state index in [1.165, 1.54) is 13.1 Å². The Hall–Kier alpha value is -0.190. The SMILES string of the molecule is CC(C)N1CC(CN2CCN(C(C)C)C[C@@H]2CF)C1. The lowest BCUT2D eigenvalue weighted by Gasteiger charge is -2.48. The first-order chi connectivity index (χ1) is 9.01. The number of halogens is 1. The molecule has 0 unspecified atom stereocenters. The predicted octanol–water partition coefficient (Wildman–Crippen LogP) is 1.69. The second kappa shape index (κ2) is 6.51. The normalized spacial score (nSPS) is 28.3. The smallest absolute Gasteiger partial charge is 0.106 e. The molecule has 0 N–H and O–H groups in total. The molecule has 0 aromatic heterocycles. The van der Waals surface area contributed by atoms with Crippen molar-refractivity contribution >= 4 is 0 Å². The predicted molar refractivity (Wildman–Crippen MR) is 78.2 cm³/mol. The van der Waals surface area contributed by atoms with Crippen molar-refractivity contribution in [2.24, 2.45) is 5.92 Å². The van der Waals surface area contributed by atoms with E-state index in [0.29, 0.717) is 12.1 Å². The average Bonchev–Trinajstić information content (AvgIpc) is 2.32. The third-order valence-corrected chi connectivity index (χ3v) is 4.75. The topological polar surface area (TPSA) is 9.72 Å². The van der Waals surface area contributed by atoms with Crippen LogP contribution in [0.4, 0.5) is 4.39 Å². The number of hydrogen-bond donors (Lipinski definition) is 0. The molecule has 2 saturated heterocycles. The maximum Gasteiger partial charge on any atom is 0.106 e. The zero-order valence-corrected chi connectivity index (χ0v) is 13.0. The van der Waals surface area contributed by atoms with Crippen LogP contribution in [-0.4, -0.2) is 78.8 Å². The Balaban J connectivity index is 1.78. The van der Waals surface area contributed by atoms with Crippen LogP contribution in [0.5, 0.6) is 0 Å². The summed E-state index contributed by atoms with van der Waals surface area (Å²) >= 11 is 0. The molecule has 2 fully saturated rings. The Labute approximate surface area is 117 Å². The lowest BCUT2D eigenvalue weighted by molar-refractivity contribution is -0.00554. The standard InChI is InChI=1S/C15H30FN3/c1-12(2)17-5-6-18(15(7-16)11-17)8-14-9-19(10-14)13(3)4/h12-15H,5-11H2,1-4H3/t15-/m0/s1. The molecule has 1 atom stereocenters. The Morgan fingerprint density at radius 3 is 2.11 bits per heavy atom. The van der Waals surface area contributed by atoms with Gasteiger partial charge in [0.1, 0.15) is 6.67 Å². The molecule has 0 amide bonds. The summed E-state index contributed by atoms with van der Waals surface area (Å²) in [7, 11) is 0. The molecule has 0 aromatic carbocycles. The van der Waals surface area contributed by atoms with Crippen molar-refractivity contribution in [2.75, 3.05) is 45.9 Å². The van der Waals surface area contributed by atoms with Crippen molar-refractivity contribution in [1.29, 1.82) is 0 Å². The maximum absolute atomic E-state index is 13.3. The molecule has 0 aromatic rings.